The van der Waals surface area contributed by atoms with Gasteiger partial charge in [0.1, 0.15) is 6.61 Å². The average Bonchev–Trinajstić information content (AvgIpc) is 3.66. The van der Waals surface area contributed by atoms with Crippen molar-refractivity contribution in [3.63, 3.8) is 0 Å². The van der Waals surface area contributed by atoms with E-state index in [1.165, 1.54) is 98.4 Å². The van der Waals surface area contributed by atoms with Crippen molar-refractivity contribution >= 4 is 27.7 Å². The van der Waals surface area contributed by atoms with Gasteiger partial charge in [0.25, 0.3) is 0 Å². The third-order valence-corrected chi connectivity index (χ3v) is 11.9. The first-order chi connectivity index (χ1) is 24.8. The number of nitrogens with zero attached hydrogens (tertiary/aromatic N) is 3. The van der Waals surface area contributed by atoms with Gasteiger partial charge in [-0.05, 0) is 154 Å². The zero-order valence-corrected chi connectivity index (χ0v) is 32.6. The largest absolute Gasteiger partial charge is 0.475 e. The lowest BCUT2D eigenvalue weighted by atomic mass is 9.76. The van der Waals surface area contributed by atoms with E-state index in [-0.39, 0.29) is 11.0 Å². The minimum atomic E-state index is -0.187. The zero-order valence-electron chi connectivity index (χ0n) is 32.6. The van der Waals surface area contributed by atoms with Gasteiger partial charge in [0.15, 0.2) is 0 Å². The first-order valence-electron chi connectivity index (χ1n) is 19.3. The van der Waals surface area contributed by atoms with E-state index < -0.39 is 0 Å². The molecule has 1 aliphatic carbocycles. The summed E-state index contributed by atoms with van der Waals surface area (Å²) in [6.07, 6.45) is 8.36. The van der Waals surface area contributed by atoms with E-state index >= 15 is 0 Å². The van der Waals surface area contributed by atoms with Crippen molar-refractivity contribution in [2.75, 3.05) is 6.61 Å². The summed E-state index contributed by atoms with van der Waals surface area (Å²) < 4.78 is 9.07. The second-order valence-corrected chi connectivity index (χ2v) is 17.2. The predicted molar refractivity (Wildman–Crippen MR) is 219 cm³/mol. The summed E-state index contributed by atoms with van der Waals surface area (Å²) in [5.41, 5.74) is 16.6. The van der Waals surface area contributed by atoms with Crippen molar-refractivity contribution < 1.29 is 4.74 Å². The number of aromatic nitrogens is 2. The first kappa shape index (κ1) is 34.4. The third-order valence-electron chi connectivity index (χ3n) is 11.9. The molecule has 4 heteroatoms. The van der Waals surface area contributed by atoms with Crippen LogP contribution in [0.4, 0.5) is 0 Å². The van der Waals surface area contributed by atoms with Crippen LogP contribution in [0.1, 0.15) is 98.7 Å². The standard InChI is InChI=1S/C48H53N3O/c1-29-15-16-43-40(21-29)41-22-31(3)39(42-26-37(17-18-49-42)47(6,7)8)27-44(41)51(43)38-24-34(45-32(4)19-30(2)20-33(45)5)23-35(25-38)46-50-48(9,28-52-46)36-13-11-10-12-14-36/h15-27,36H,10-14,28H2,1-9H3/t48-/m0/s1. The van der Waals surface area contributed by atoms with Gasteiger partial charge in [0.2, 0.25) is 5.90 Å². The fourth-order valence-corrected chi connectivity index (χ4v) is 9.12. The Labute approximate surface area is 310 Å². The molecular weight excluding hydrogens is 635 g/mol. The lowest BCUT2D eigenvalue weighted by Crippen LogP contribution is -2.35. The summed E-state index contributed by atoms with van der Waals surface area (Å²) >= 11 is 0. The molecule has 266 valence electrons. The molecule has 0 radical (unpaired) electrons. The molecule has 1 fully saturated rings. The zero-order chi connectivity index (χ0) is 36.5. The Morgan fingerprint density at radius 2 is 1.42 bits per heavy atom. The predicted octanol–water partition coefficient (Wildman–Crippen LogP) is 12.5. The number of aryl methyl sites for hydroxylation is 5. The lowest BCUT2D eigenvalue weighted by Gasteiger charge is -2.32. The quantitative estimate of drug-likeness (QED) is 0.181. The number of ether oxygens (including phenoxy) is 1. The fraction of sp³-hybridized carbons (Fsp3) is 0.375. The maximum absolute atomic E-state index is 6.61. The fourth-order valence-electron chi connectivity index (χ4n) is 9.12. The molecule has 2 aliphatic rings. The first-order valence-corrected chi connectivity index (χ1v) is 19.3. The highest BCUT2D eigenvalue weighted by Crippen LogP contribution is 2.42. The molecular formula is C48H53N3O. The summed E-state index contributed by atoms with van der Waals surface area (Å²) in [6.45, 7) is 20.8. The molecule has 0 saturated heterocycles. The van der Waals surface area contributed by atoms with E-state index in [0.29, 0.717) is 12.5 Å². The van der Waals surface area contributed by atoms with E-state index in [0.717, 1.165) is 28.4 Å². The van der Waals surface area contributed by atoms with Crippen molar-refractivity contribution in [1.29, 1.82) is 0 Å². The van der Waals surface area contributed by atoms with Crippen LogP contribution in [0.15, 0.2) is 84.0 Å². The van der Waals surface area contributed by atoms with Gasteiger partial charge in [-0.2, -0.15) is 0 Å². The molecule has 1 saturated carbocycles. The summed E-state index contributed by atoms with van der Waals surface area (Å²) in [5.74, 6) is 1.34. The Balaban J connectivity index is 1.39. The molecule has 1 atom stereocenters. The molecule has 52 heavy (non-hydrogen) atoms. The van der Waals surface area contributed by atoms with Crippen molar-refractivity contribution in [2.24, 2.45) is 10.9 Å². The molecule has 4 aromatic carbocycles. The number of fused-ring (bicyclic) bond motifs is 3. The minimum absolute atomic E-state index is 0.0310. The van der Waals surface area contributed by atoms with Crippen LogP contribution in [0.2, 0.25) is 0 Å². The molecule has 0 amide bonds. The molecule has 1 aliphatic heterocycles. The van der Waals surface area contributed by atoms with Gasteiger partial charge in [0.05, 0.1) is 22.3 Å². The highest BCUT2D eigenvalue weighted by molar-refractivity contribution is 6.11. The molecule has 8 rings (SSSR count). The van der Waals surface area contributed by atoms with Crippen molar-refractivity contribution in [3.8, 4) is 28.1 Å². The van der Waals surface area contributed by atoms with Gasteiger partial charge in [-0.25, -0.2) is 4.99 Å². The van der Waals surface area contributed by atoms with Crippen LogP contribution in [-0.4, -0.2) is 27.6 Å². The average molecular weight is 688 g/mol. The Hall–Kier alpha value is -4.70. The van der Waals surface area contributed by atoms with E-state index in [1.54, 1.807) is 0 Å². The summed E-state index contributed by atoms with van der Waals surface area (Å²) in [7, 11) is 0. The second-order valence-electron chi connectivity index (χ2n) is 17.2. The number of benzene rings is 4. The van der Waals surface area contributed by atoms with Crippen LogP contribution in [0, 0.1) is 40.5 Å². The van der Waals surface area contributed by atoms with Gasteiger partial charge in [-0.3, -0.25) is 4.98 Å². The molecule has 0 unspecified atom stereocenters. The SMILES string of the molecule is Cc1cc(C)c(-c2cc(C3=N[C@](C)(C4CCCCC4)CO3)cc(-n3c4ccc(C)cc4c4cc(C)c(-c5cc(C(C)(C)C)ccn5)cc43)c2)c(C)c1. The van der Waals surface area contributed by atoms with E-state index in [9.17, 15) is 0 Å². The van der Waals surface area contributed by atoms with E-state index in [2.05, 4.69) is 140 Å². The van der Waals surface area contributed by atoms with Crippen LogP contribution in [0.5, 0.6) is 0 Å². The second kappa shape index (κ2) is 12.8. The van der Waals surface area contributed by atoms with Gasteiger partial charge >= 0.3 is 0 Å². The highest BCUT2D eigenvalue weighted by atomic mass is 16.5. The Morgan fingerprint density at radius 1 is 0.712 bits per heavy atom. The summed E-state index contributed by atoms with van der Waals surface area (Å²) in [5, 5.41) is 2.51. The number of aliphatic imine (C=N–C) groups is 1. The van der Waals surface area contributed by atoms with Crippen molar-refractivity contribution in [1.82, 2.24) is 9.55 Å². The summed E-state index contributed by atoms with van der Waals surface area (Å²) in [4.78, 5) is 10.4. The van der Waals surface area contributed by atoms with Gasteiger partial charge in [0, 0.05) is 33.8 Å². The minimum Gasteiger partial charge on any atom is -0.475 e. The van der Waals surface area contributed by atoms with Crippen LogP contribution in [0.3, 0.4) is 0 Å². The highest BCUT2D eigenvalue weighted by Gasteiger charge is 2.40. The molecule has 0 bridgehead atoms. The summed E-state index contributed by atoms with van der Waals surface area (Å²) in [6, 6.07) is 27.6. The number of rotatable bonds is 5. The maximum atomic E-state index is 6.61. The molecule has 0 N–H and O–H groups in total. The normalized spacial score (nSPS) is 18.3. The van der Waals surface area contributed by atoms with E-state index in [1.807, 2.05) is 6.20 Å². The monoisotopic (exact) mass is 687 g/mol. The van der Waals surface area contributed by atoms with Gasteiger partial charge in [-0.1, -0.05) is 69.4 Å². The molecule has 6 aromatic rings. The topological polar surface area (TPSA) is 39.4 Å². The number of hydrogen-bond acceptors (Lipinski definition) is 3. The van der Waals surface area contributed by atoms with Crippen molar-refractivity contribution in [2.45, 2.75) is 105 Å². The lowest BCUT2D eigenvalue weighted by molar-refractivity contribution is 0.170. The smallest absolute Gasteiger partial charge is 0.216 e. The van der Waals surface area contributed by atoms with Crippen molar-refractivity contribution in [3.05, 3.63) is 118 Å². The van der Waals surface area contributed by atoms with Crippen LogP contribution < -0.4 is 0 Å². The van der Waals surface area contributed by atoms with Gasteiger partial charge < -0.3 is 9.30 Å². The third kappa shape index (κ3) is 6.04. The molecule has 0 spiro atoms. The Bertz CT molecular complexity index is 2370. The van der Waals surface area contributed by atoms with E-state index in [4.69, 9.17) is 14.7 Å². The molecule has 2 aromatic heterocycles. The Morgan fingerprint density at radius 3 is 2.15 bits per heavy atom. The Kier molecular flexibility index (Phi) is 8.44. The molecule has 3 heterocycles. The number of hydrogen-bond donors (Lipinski definition) is 0. The maximum Gasteiger partial charge on any atom is 0.216 e. The molecule has 4 nitrogen and oxygen atoms in total. The van der Waals surface area contributed by atoms with Crippen LogP contribution >= 0.6 is 0 Å². The number of pyridine rings is 1. The van der Waals surface area contributed by atoms with Gasteiger partial charge in [-0.15, -0.1) is 0 Å². The van der Waals surface area contributed by atoms with Crippen LogP contribution in [0.25, 0.3) is 49.9 Å². The van der Waals surface area contributed by atoms with Crippen LogP contribution in [-0.2, 0) is 10.2 Å².